The quantitative estimate of drug-likeness (QED) is 0.802. The Labute approximate surface area is 103 Å². The second-order valence-electron chi connectivity index (χ2n) is 4.90. The van der Waals surface area contributed by atoms with Gasteiger partial charge in [-0.2, -0.15) is 0 Å². The van der Waals surface area contributed by atoms with E-state index >= 15 is 0 Å². The first-order valence-corrected chi connectivity index (χ1v) is 6.31. The highest BCUT2D eigenvalue weighted by atomic mass is 15.1. The standard InChI is InChI=1S/C14H21N3/c1-11(2)10-15-8-9-17-12(3)16-13-6-4-5-7-14(13)17/h4-7,11,15H,8-10H2,1-3H3. The number of rotatable bonds is 5. The number of aryl methyl sites for hydroxylation is 1. The topological polar surface area (TPSA) is 29.9 Å². The number of aromatic nitrogens is 2. The van der Waals surface area contributed by atoms with Gasteiger partial charge in [-0.05, 0) is 31.5 Å². The Morgan fingerprint density at radius 1 is 1.29 bits per heavy atom. The summed E-state index contributed by atoms with van der Waals surface area (Å²) in [5, 5.41) is 3.47. The van der Waals surface area contributed by atoms with Crippen molar-refractivity contribution in [2.24, 2.45) is 5.92 Å². The molecule has 0 spiro atoms. The summed E-state index contributed by atoms with van der Waals surface area (Å²) in [5.74, 6) is 1.80. The molecule has 3 heteroatoms. The van der Waals surface area contributed by atoms with Crippen LogP contribution in [-0.4, -0.2) is 22.6 Å². The molecule has 92 valence electrons. The van der Waals surface area contributed by atoms with E-state index in [0.29, 0.717) is 5.92 Å². The third-order valence-corrected chi connectivity index (χ3v) is 2.91. The van der Waals surface area contributed by atoms with Gasteiger partial charge in [0.25, 0.3) is 0 Å². The van der Waals surface area contributed by atoms with Crippen molar-refractivity contribution < 1.29 is 0 Å². The number of nitrogens with zero attached hydrogens (tertiary/aromatic N) is 2. The van der Waals surface area contributed by atoms with Crippen LogP contribution in [0.5, 0.6) is 0 Å². The molecule has 1 heterocycles. The van der Waals surface area contributed by atoms with Gasteiger partial charge in [0, 0.05) is 13.1 Å². The summed E-state index contributed by atoms with van der Waals surface area (Å²) in [4.78, 5) is 4.56. The van der Waals surface area contributed by atoms with Crippen molar-refractivity contribution in [3.05, 3.63) is 30.1 Å². The van der Waals surface area contributed by atoms with Gasteiger partial charge < -0.3 is 9.88 Å². The van der Waals surface area contributed by atoms with Crippen LogP contribution in [0.1, 0.15) is 19.7 Å². The Hall–Kier alpha value is -1.35. The fourth-order valence-electron chi connectivity index (χ4n) is 2.06. The van der Waals surface area contributed by atoms with Crippen molar-refractivity contribution in [3.8, 4) is 0 Å². The van der Waals surface area contributed by atoms with Gasteiger partial charge in [0.05, 0.1) is 11.0 Å². The Balaban J connectivity index is 2.05. The maximum absolute atomic E-state index is 4.56. The first-order chi connectivity index (χ1) is 8.18. The molecule has 0 saturated carbocycles. The SMILES string of the molecule is Cc1nc2ccccc2n1CCNCC(C)C. The van der Waals surface area contributed by atoms with E-state index in [9.17, 15) is 0 Å². The lowest BCUT2D eigenvalue weighted by atomic mass is 10.2. The van der Waals surface area contributed by atoms with E-state index in [4.69, 9.17) is 0 Å². The van der Waals surface area contributed by atoms with Crippen LogP contribution in [-0.2, 0) is 6.54 Å². The van der Waals surface area contributed by atoms with Gasteiger partial charge in [0.2, 0.25) is 0 Å². The molecule has 0 fully saturated rings. The molecule has 1 N–H and O–H groups in total. The molecule has 3 nitrogen and oxygen atoms in total. The predicted octanol–water partition coefficient (Wildman–Crippen LogP) is 2.59. The first kappa shape index (κ1) is 12.1. The number of imidazole rings is 1. The highest BCUT2D eigenvalue weighted by Gasteiger charge is 2.05. The van der Waals surface area contributed by atoms with E-state index in [0.717, 1.165) is 31.0 Å². The van der Waals surface area contributed by atoms with Crippen LogP contribution >= 0.6 is 0 Å². The zero-order valence-corrected chi connectivity index (χ0v) is 10.9. The molecule has 17 heavy (non-hydrogen) atoms. The maximum Gasteiger partial charge on any atom is 0.106 e. The summed E-state index contributed by atoms with van der Waals surface area (Å²) in [7, 11) is 0. The number of benzene rings is 1. The average molecular weight is 231 g/mol. The number of hydrogen-bond acceptors (Lipinski definition) is 2. The van der Waals surface area contributed by atoms with Gasteiger partial charge in [-0.15, -0.1) is 0 Å². The van der Waals surface area contributed by atoms with E-state index in [1.165, 1.54) is 5.52 Å². The van der Waals surface area contributed by atoms with Gasteiger partial charge in [-0.3, -0.25) is 0 Å². The average Bonchev–Trinajstić information content (AvgIpc) is 2.60. The van der Waals surface area contributed by atoms with Crippen molar-refractivity contribution in [1.29, 1.82) is 0 Å². The normalized spacial score (nSPS) is 11.5. The van der Waals surface area contributed by atoms with E-state index in [-0.39, 0.29) is 0 Å². The molecule has 1 aromatic carbocycles. The lowest BCUT2D eigenvalue weighted by molar-refractivity contribution is 0.525. The van der Waals surface area contributed by atoms with Crippen molar-refractivity contribution in [2.75, 3.05) is 13.1 Å². The third kappa shape index (κ3) is 2.86. The lowest BCUT2D eigenvalue weighted by Crippen LogP contribution is -2.24. The Bertz CT molecular complexity index is 485. The van der Waals surface area contributed by atoms with E-state index in [2.05, 4.69) is 53.8 Å². The molecule has 0 aliphatic heterocycles. The van der Waals surface area contributed by atoms with Crippen LogP contribution in [0.15, 0.2) is 24.3 Å². The predicted molar refractivity (Wildman–Crippen MR) is 72.2 cm³/mol. The Morgan fingerprint density at radius 2 is 2.06 bits per heavy atom. The fourth-order valence-corrected chi connectivity index (χ4v) is 2.06. The summed E-state index contributed by atoms with van der Waals surface area (Å²) in [6, 6.07) is 8.32. The van der Waals surface area contributed by atoms with Crippen LogP contribution in [0.4, 0.5) is 0 Å². The van der Waals surface area contributed by atoms with Crippen LogP contribution in [0, 0.1) is 12.8 Å². The lowest BCUT2D eigenvalue weighted by Gasteiger charge is -2.09. The first-order valence-electron chi connectivity index (χ1n) is 6.31. The van der Waals surface area contributed by atoms with E-state index in [1.807, 2.05) is 6.07 Å². The smallest absolute Gasteiger partial charge is 0.106 e. The largest absolute Gasteiger partial charge is 0.327 e. The minimum Gasteiger partial charge on any atom is -0.327 e. The van der Waals surface area contributed by atoms with Crippen molar-refractivity contribution in [3.63, 3.8) is 0 Å². The molecule has 0 atom stereocenters. The fraction of sp³-hybridized carbons (Fsp3) is 0.500. The summed E-state index contributed by atoms with van der Waals surface area (Å²) >= 11 is 0. The molecule has 0 bridgehead atoms. The number of nitrogens with one attached hydrogen (secondary N) is 1. The van der Waals surface area contributed by atoms with Crippen LogP contribution < -0.4 is 5.32 Å². The van der Waals surface area contributed by atoms with Crippen LogP contribution in [0.25, 0.3) is 11.0 Å². The Kier molecular flexibility index (Phi) is 3.79. The summed E-state index contributed by atoms with van der Waals surface area (Å²) in [5.41, 5.74) is 2.32. The summed E-state index contributed by atoms with van der Waals surface area (Å²) in [6.07, 6.45) is 0. The zero-order chi connectivity index (χ0) is 12.3. The van der Waals surface area contributed by atoms with Gasteiger partial charge >= 0.3 is 0 Å². The highest BCUT2D eigenvalue weighted by Crippen LogP contribution is 2.14. The summed E-state index contributed by atoms with van der Waals surface area (Å²) in [6.45, 7) is 9.59. The molecule has 0 aliphatic rings. The minimum atomic E-state index is 0.704. The molecular weight excluding hydrogens is 210 g/mol. The molecular formula is C14H21N3. The monoisotopic (exact) mass is 231 g/mol. The van der Waals surface area contributed by atoms with Crippen molar-refractivity contribution in [1.82, 2.24) is 14.9 Å². The second kappa shape index (κ2) is 5.32. The molecule has 0 aliphatic carbocycles. The van der Waals surface area contributed by atoms with Gasteiger partial charge in [-0.25, -0.2) is 4.98 Å². The van der Waals surface area contributed by atoms with Gasteiger partial charge in [0.1, 0.15) is 5.82 Å². The Morgan fingerprint density at radius 3 is 2.82 bits per heavy atom. The second-order valence-corrected chi connectivity index (χ2v) is 4.90. The zero-order valence-electron chi connectivity index (χ0n) is 10.9. The third-order valence-electron chi connectivity index (χ3n) is 2.91. The molecule has 1 aromatic heterocycles. The van der Waals surface area contributed by atoms with Crippen LogP contribution in [0.2, 0.25) is 0 Å². The minimum absolute atomic E-state index is 0.704. The van der Waals surface area contributed by atoms with Crippen LogP contribution in [0.3, 0.4) is 0 Å². The van der Waals surface area contributed by atoms with Crippen molar-refractivity contribution >= 4 is 11.0 Å². The highest BCUT2D eigenvalue weighted by molar-refractivity contribution is 5.75. The van der Waals surface area contributed by atoms with Crippen molar-refractivity contribution in [2.45, 2.75) is 27.3 Å². The molecule has 0 unspecified atom stereocenters. The molecule has 0 amide bonds. The summed E-state index contributed by atoms with van der Waals surface area (Å²) < 4.78 is 2.28. The number of hydrogen-bond donors (Lipinski definition) is 1. The molecule has 2 aromatic rings. The molecule has 0 radical (unpaired) electrons. The maximum atomic E-state index is 4.56. The van der Waals surface area contributed by atoms with Gasteiger partial charge in [-0.1, -0.05) is 26.0 Å². The van der Waals surface area contributed by atoms with E-state index < -0.39 is 0 Å². The molecule has 2 rings (SSSR count). The number of fused-ring (bicyclic) bond motifs is 1. The van der Waals surface area contributed by atoms with E-state index in [1.54, 1.807) is 0 Å². The number of para-hydroxylation sites is 2. The molecule has 0 saturated heterocycles. The van der Waals surface area contributed by atoms with Gasteiger partial charge in [0.15, 0.2) is 0 Å².